The van der Waals surface area contributed by atoms with E-state index in [4.69, 9.17) is 4.98 Å². The fourth-order valence-electron chi connectivity index (χ4n) is 3.58. The van der Waals surface area contributed by atoms with Crippen molar-refractivity contribution in [3.63, 3.8) is 0 Å². The predicted molar refractivity (Wildman–Crippen MR) is 114 cm³/mol. The Morgan fingerprint density at radius 3 is 2.50 bits per heavy atom. The molecular weight excluding hydrogens is 344 g/mol. The molecule has 1 N–H and O–H groups in total. The molecule has 0 aliphatic heterocycles. The molecule has 1 unspecified atom stereocenters. The third-order valence-corrected chi connectivity index (χ3v) is 5.22. The van der Waals surface area contributed by atoms with Crippen LogP contribution in [0.2, 0.25) is 0 Å². The highest BCUT2D eigenvalue weighted by atomic mass is 15.0. The first-order valence-corrected chi connectivity index (χ1v) is 9.95. The normalized spacial score (nSPS) is 12.3. The van der Waals surface area contributed by atoms with Gasteiger partial charge in [-0.2, -0.15) is 0 Å². The molecular formula is C24H26N4. The second-order valence-electron chi connectivity index (χ2n) is 7.17. The van der Waals surface area contributed by atoms with E-state index in [1.807, 2.05) is 36.8 Å². The van der Waals surface area contributed by atoms with Crippen LogP contribution in [-0.2, 0) is 6.42 Å². The molecule has 1 atom stereocenters. The fourth-order valence-corrected chi connectivity index (χ4v) is 3.58. The lowest BCUT2D eigenvalue weighted by Crippen LogP contribution is -2.20. The maximum absolute atomic E-state index is 4.92. The minimum atomic E-state index is 0.566. The summed E-state index contributed by atoms with van der Waals surface area (Å²) in [5, 5.41) is 3.58. The molecule has 0 aliphatic rings. The van der Waals surface area contributed by atoms with E-state index in [0.29, 0.717) is 5.92 Å². The molecule has 4 aromatic rings. The molecule has 0 bridgehead atoms. The molecule has 4 heteroatoms. The average Bonchev–Trinajstić information content (AvgIpc) is 3.13. The number of rotatable bonds is 8. The minimum absolute atomic E-state index is 0.566. The highest BCUT2D eigenvalue weighted by Gasteiger charge is 2.12. The fraction of sp³-hybridized carbons (Fsp3) is 0.250. The van der Waals surface area contributed by atoms with Crippen molar-refractivity contribution in [3.8, 4) is 11.3 Å². The molecule has 2 aromatic heterocycles. The number of aromatic nitrogens is 3. The Bertz CT molecular complexity index is 1010. The zero-order chi connectivity index (χ0) is 19.2. The Morgan fingerprint density at radius 1 is 0.964 bits per heavy atom. The van der Waals surface area contributed by atoms with Crippen molar-refractivity contribution < 1.29 is 0 Å². The monoisotopic (exact) mass is 370 g/mol. The average molecular weight is 371 g/mol. The van der Waals surface area contributed by atoms with Crippen molar-refractivity contribution >= 4 is 5.52 Å². The third-order valence-electron chi connectivity index (χ3n) is 5.22. The number of benzene rings is 2. The number of nitrogens with one attached hydrogen (secondary N) is 1. The van der Waals surface area contributed by atoms with E-state index in [0.717, 1.165) is 48.5 Å². The van der Waals surface area contributed by atoms with Crippen LogP contribution >= 0.6 is 0 Å². The molecule has 4 nitrogen and oxygen atoms in total. The maximum Gasteiger partial charge on any atom is 0.115 e. The van der Waals surface area contributed by atoms with Crippen LogP contribution in [0.15, 0.2) is 79.3 Å². The Labute approximate surface area is 166 Å². The summed E-state index contributed by atoms with van der Waals surface area (Å²) < 4.78 is 2.16. The summed E-state index contributed by atoms with van der Waals surface area (Å²) in [5.74, 6) is 1.64. The summed E-state index contributed by atoms with van der Waals surface area (Å²) in [7, 11) is 0. The van der Waals surface area contributed by atoms with E-state index >= 15 is 0 Å². The summed E-state index contributed by atoms with van der Waals surface area (Å²) in [4.78, 5) is 9.22. The van der Waals surface area contributed by atoms with Gasteiger partial charge in [0, 0.05) is 30.9 Å². The van der Waals surface area contributed by atoms with Gasteiger partial charge >= 0.3 is 0 Å². The van der Waals surface area contributed by atoms with Gasteiger partial charge in [-0.05, 0) is 24.4 Å². The Balaban J connectivity index is 1.38. The first kappa shape index (κ1) is 18.4. The first-order chi connectivity index (χ1) is 13.8. The van der Waals surface area contributed by atoms with Crippen LogP contribution in [0.4, 0.5) is 0 Å². The maximum atomic E-state index is 4.92. The summed E-state index contributed by atoms with van der Waals surface area (Å²) in [5.41, 5.74) is 4.59. The lowest BCUT2D eigenvalue weighted by atomic mass is 9.98. The lowest BCUT2D eigenvalue weighted by molar-refractivity contribution is 0.589. The summed E-state index contributed by atoms with van der Waals surface area (Å²) in [6, 6.07) is 21.0. The van der Waals surface area contributed by atoms with Crippen molar-refractivity contribution in [3.05, 3.63) is 90.6 Å². The van der Waals surface area contributed by atoms with Crippen molar-refractivity contribution in [2.75, 3.05) is 13.1 Å². The molecule has 0 saturated carbocycles. The second kappa shape index (κ2) is 8.81. The number of nitrogens with zero attached hydrogens (tertiary/aromatic N) is 3. The lowest BCUT2D eigenvalue weighted by Gasteiger charge is -2.12. The summed E-state index contributed by atoms with van der Waals surface area (Å²) in [6.07, 6.45) is 7.74. The Kier molecular flexibility index (Phi) is 5.78. The van der Waals surface area contributed by atoms with Gasteiger partial charge in [0.15, 0.2) is 0 Å². The Hall–Kier alpha value is -2.98. The smallest absolute Gasteiger partial charge is 0.115 e. The molecule has 142 valence electrons. The van der Waals surface area contributed by atoms with Crippen LogP contribution < -0.4 is 5.32 Å². The highest BCUT2D eigenvalue weighted by molar-refractivity contribution is 5.77. The van der Waals surface area contributed by atoms with Crippen LogP contribution in [0.5, 0.6) is 0 Å². The highest BCUT2D eigenvalue weighted by Crippen LogP contribution is 2.24. The van der Waals surface area contributed by atoms with Crippen LogP contribution in [-0.4, -0.2) is 27.5 Å². The van der Waals surface area contributed by atoms with E-state index in [-0.39, 0.29) is 0 Å². The van der Waals surface area contributed by atoms with Gasteiger partial charge < -0.3 is 9.72 Å². The molecule has 0 saturated heterocycles. The number of hydrogen-bond acceptors (Lipinski definition) is 3. The van der Waals surface area contributed by atoms with Gasteiger partial charge in [-0.25, -0.2) is 4.98 Å². The standard InChI is InChI=1S/C24H26N4/c1-19(20-8-4-2-5-9-20)12-14-25-15-13-23-27-24(21-10-6-3-7-11-21)22-18-26-16-17-28(22)23/h2-11,16-19,25H,12-15H2,1H3. The molecule has 0 amide bonds. The molecule has 0 spiro atoms. The van der Waals surface area contributed by atoms with E-state index in [9.17, 15) is 0 Å². The zero-order valence-electron chi connectivity index (χ0n) is 16.3. The number of hydrogen-bond donors (Lipinski definition) is 1. The van der Waals surface area contributed by atoms with Gasteiger partial charge in [0.25, 0.3) is 0 Å². The zero-order valence-corrected chi connectivity index (χ0v) is 16.3. The van der Waals surface area contributed by atoms with Gasteiger partial charge in [-0.1, -0.05) is 67.6 Å². The van der Waals surface area contributed by atoms with E-state index in [1.54, 1.807) is 0 Å². The summed E-state index contributed by atoms with van der Waals surface area (Å²) >= 11 is 0. The molecule has 0 aliphatic carbocycles. The second-order valence-corrected chi connectivity index (χ2v) is 7.17. The van der Waals surface area contributed by atoms with E-state index in [1.165, 1.54) is 5.56 Å². The molecule has 4 rings (SSSR count). The van der Waals surface area contributed by atoms with Gasteiger partial charge in [0.1, 0.15) is 5.82 Å². The van der Waals surface area contributed by atoms with Crippen molar-refractivity contribution in [2.24, 2.45) is 0 Å². The first-order valence-electron chi connectivity index (χ1n) is 9.95. The van der Waals surface area contributed by atoms with Gasteiger partial charge in [0.05, 0.1) is 17.4 Å². The topological polar surface area (TPSA) is 42.2 Å². The van der Waals surface area contributed by atoms with Crippen molar-refractivity contribution in [1.29, 1.82) is 0 Å². The third kappa shape index (κ3) is 4.12. The SMILES string of the molecule is CC(CCNCCc1nc(-c2ccccc2)c2cnccn12)c1ccccc1. The van der Waals surface area contributed by atoms with E-state index in [2.05, 4.69) is 64.1 Å². The molecule has 0 radical (unpaired) electrons. The molecule has 2 aromatic carbocycles. The van der Waals surface area contributed by atoms with Crippen LogP contribution in [0.3, 0.4) is 0 Å². The largest absolute Gasteiger partial charge is 0.316 e. The predicted octanol–water partition coefficient (Wildman–Crippen LogP) is 4.72. The van der Waals surface area contributed by atoms with E-state index < -0.39 is 0 Å². The van der Waals surface area contributed by atoms with Gasteiger partial charge in [-0.15, -0.1) is 0 Å². The van der Waals surface area contributed by atoms with Crippen LogP contribution in [0.25, 0.3) is 16.8 Å². The van der Waals surface area contributed by atoms with Gasteiger partial charge in [0.2, 0.25) is 0 Å². The Morgan fingerprint density at radius 2 is 1.71 bits per heavy atom. The molecule has 28 heavy (non-hydrogen) atoms. The van der Waals surface area contributed by atoms with Crippen molar-refractivity contribution in [2.45, 2.75) is 25.7 Å². The van der Waals surface area contributed by atoms with Crippen molar-refractivity contribution in [1.82, 2.24) is 19.7 Å². The van der Waals surface area contributed by atoms with Crippen LogP contribution in [0.1, 0.15) is 30.7 Å². The molecule has 0 fully saturated rings. The number of fused-ring (bicyclic) bond motifs is 1. The quantitative estimate of drug-likeness (QED) is 0.456. The minimum Gasteiger partial charge on any atom is -0.316 e. The van der Waals surface area contributed by atoms with Crippen LogP contribution in [0, 0.1) is 0 Å². The molecule has 2 heterocycles. The number of imidazole rings is 1. The summed E-state index contributed by atoms with van der Waals surface area (Å²) in [6.45, 7) is 4.21. The van der Waals surface area contributed by atoms with Gasteiger partial charge in [-0.3, -0.25) is 4.98 Å².